The molecule has 0 spiro atoms. The lowest BCUT2D eigenvalue weighted by Gasteiger charge is -2.10. The minimum Gasteiger partial charge on any atom is -0.492 e. The molecule has 0 aliphatic heterocycles. The largest absolute Gasteiger partial charge is 0.492 e. The van der Waals surface area contributed by atoms with E-state index >= 15 is 0 Å². The molecule has 0 radical (unpaired) electrons. The third-order valence-corrected chi connectivity index (χ3v) is 2.99. The first-order valence-corrected chi connectivity index (χ1v) is 7.03. The zero-order valence-corrected chi connectivity index (χ0v) is 12.2. The highest BCUT2D eigenvalue weighted by Gasteiger charge is 1.99. The van der Waals surface area contributed by atoms with E-state index in [0.29, 0.717) is 5.92 Å². The van der Waals surface area contributed by atoms with Gasteiger partial charge in [-0.1, -0.05) is 39.8 Å². The van der Waals surface area contributed by atoms with Crippen molar-refractivity contribution < 1.29 is 4.74 Å². The number of hydrogen-bond acceptors (Lipinski definition) is 2. The van der Waals surface area contributed by atoms with Crippen molar-refractivity contribution in [3.63, 3.8) is 0 Å². The summed E-state index contributed by atoms with van der Waals surface area (Å²) in [5.41, 5.74) is 1.36. The van der Waals surface area contributed by atoms with Crippen molar-refractivity contribution in [2.75, 3.05) is 19.7 Å². The standard InChI is InChI=1S/C16H27NO/c1-13(2)9-10-17-11-12-18-16-7-5-15(6-8-16)14(3)4/h5-8,13-14,17H,9-12H2,1-4H3. The highest BCUT2D eigenvalue weighted by molar-refractivity contribution is 5.28. The maximum atomic E-state index is 5.69. The Morgan fingerprint density at radius 3 is 2.22 bits per heavy atom. The molecule has 0 fully saturated rings. The molecular formula is C16H27NO. The van der Waals surface area contributed by atoms with Crippen molar-refractivity contribution in [2.45, 2.75) is 40.0 Å². The maximum Gasteiger partial charge on any atom is 0.119 e. The van der Waals surface area contributed by atoms with Gasteiger partial charge in [-0.25, -0.2) is 0 Å². The van der Waals surface area contributed by atoms with E-state index in [4.69, 9.17) is 4.74 Å². The van der Waals surface area contributed by atoms with Crippen molar-refractivity contribution in [2.24, 2.45) is 5.92 Å². The summed E-state index contributed by atoms with van der Waals surface area (Å²) in [6, 6.07) is 8.41. The van der Waals surface area contributed by atoms with Crippen molar-refractivity contribution in [3.8, 4) is 5.75 Å². The lowest BCUT2D eigenvalue weighted by molar-refractivity contribution is 0.312. The van der Waals surface area contributed by atoms with Gasteiger partial charge >= 0.3 is 0 Å². The summed E-state index contributed by atoms with van der Waals surface area (Å²) in [6.45, 7) is 11.6. The van der Waals surface area contributed by atoms with Crippen LogP contribution in [-0.2, 0) is 0 Å². The van der Waals surface area contributed by atoms with Crippen molar-refractivity contribution >= 4 is 0 Å². The summed E-state index contributed by atoms with van der Waals surface area (Å²) in [6.07, 6.45) is 1.23. The Kier molecular flexibility index (Phi) is 6.81. The molecule has 0 saturated heterocycles. The summed E-state index contributed by atoms with van der Waals surface area (Å²) in [4.78, 5) is 0. The Morgan fingerprint density at radius 2 is 1.67 bits per heavy atom. The Hall–Kier alpha value is -1.02. The molecule has 0 saturated carbocycles. The normalized spacial score (nSPS) is 11.2. The van der Waals surface area contributed by atoms with Crippen molar-refractivity contribution in [1.82, 2.24) is 5.32 Å². The van der Waals surface area contributed by atoms with Crippen LogP contribution >= 0.6 is 0 Å². The van der Waals surface area contributed by atoms with E-state index in [1.807, 2.05) is 0 Å². The van der Waals surface area contributed by atoms with Crippen LogP contribution in [0, 0.1) is 5.92 Å². The topological polar surface area (TPSA) is 21.3 Å². The van der Waals surface area contributed by atoms with Gasteiger partial charge < -0.3 is 10.1 Å². The maximum absolute atomic E-state index is 5.69. The predicted molar refractivity (Wildman–Crippen MR) is 78.4 cm³/mol. The van der Waals surface area contributed by atoms with Gasteiger partial charge in [-0.3, -0.25) is 0 Å². The Balaban J connectivity index is 2.15. The van der Waals surface area contributed by atoms with Gasteiger partial charge in [-0.2, -0.15) is 0 Å². The SMILES string of the molecule is CC(C)CCNCCOc1ccc(C(C)C)cc1. The molecule has 18 heavy (non-hydrogen) atoms. The van der Waals surface area contributed by atoms with Crippen LogP contribution in [0.4, 0.5) is 0 Å². The summed E-state index contributed by atoms with van der Waals surface area (Å²) in [5.74, 6) is 2.31. The van der Waals surface area contributed by atoms with Crippen LogP contribution in [-0.4, -0.2) is 19.7 Å². The molecule has 0 atom stereocenters. The molecule has 0 unspecified atom stereocenters. The average Bonchev–Trinajstić information content (AvgIpc) is 2.34. The van der Waals surface area contributed by atoms with E-state index < -0.39 is 0 Å². The van der Waals surface area contributed by atoms with Crippen LogP contribution in [0.3, 0.4) is 0 Å². The van der Waals surface area contributed by atoms with Gasteiger partial charge in [0.15, 0.2) is 0 Å². The first-order valence-electron chi connectivity index (χ1n) is 7.03. The minimum atomic E-state index is 0.580. The molecule has 0 heterocycles. The number of rotatable bonds is 8. The molecule has 1 aromatic rings. The van der Waals surface area contributed by atoms with Gasteiger partial charge in [-0.15, -0.1) is 0 Å². The Labute approximate surface area is 112 Å². The zero-order chi connectivity index (χ0) is 13.4. The fourth-order valence-electron chi connectivity index (χ4n) is 1.71. The van der Waals surface area contributed by atoms with E-state index in [1.54, 1.807) is 0 Å². The first-order chi connectivity index (χ1) is 8.59. The number of ether oxygens (including phenoxy) is 1. The Bertz CT molecular complexity index is 316. The molecular weight excluding hydrogens is 222 g/mol. The number of nitrogens with one attached hydrogen (secondary N) is 1. The van der Waals surface area contributed by atoms with E-state index in [1.165, 1.54) is 12.0 Å². The van der Waals surface area contributed by atoms with Crippen LogP contribution in [0.15, 0.2) is 24.3 Å². The van der Waals surface area contributed by atoms with E-state index in [2.05, 4.69) is 57.3 Å². The third-order valence-electron chi connectivity index (χ3n) is 2.99. The van der Waals surface area contributed by atoms with Crippen LogP contribution in [0.5, 0.6) is 5.75 Å². The summed E-state index contributed by atoms with van der Waals surface area (Å²) < 4.78 is 5.69. The van der Waals surface area contributed by atoms with Crippen molar-refractivity contribution in [1.29, 1.82) is 0 Å². The molecule has 2 nitrogen and oxygen atoms in total. The monoisotopic (exact) mass is 249 g/mol. The third kappa shape index (κ3) is 6.06. The van der Waals surface area contributed by atoms with E-state index in [9.17, 15) is 0 Å². The first kappa shape index (κ1) is 15.0. The van der Waals surface area contributed by atoms with Crippen LogP contribution in [0.1, 0.15) is 45.6 Å². The summed E-state index contributed by atoms with van der Waals surface area (Å²) >= 11 is 0. The lowest BCUT2D eigenvalue weighted by atomic mass is 10.0. The van der Waals surface area contributed by atoms with Gasteiger partial charge in [0.1, 0.15) is 12.4 Å². The highest BCUT2D eigenvalue weighted by atomic mass is 16.5. The van der Waals surface area contributed by atoms with E-state index in [0.717, 1.165) is 31.4 Å². The molecule has 2 heteroatoms. The van der Waals surface area contributed by atoms with Gasteiger partial charge in [0.25, 0.3) is 0 Å². The molecule has 1 aromatic carbocycles. The zero-order valence-electron chi connectivity index (χ0n) is 12.2. The second-order valence-corrected chi connectivity index (χ2v) is 5.50. The molecule has 0 aliphatic rings. The fraction of sp³-hybridized carbons (Fsp3) is 0.625. The highest BCUT2D eigenvalue weighted by Crippen LogP contribution is 2.18. The van der Waals surface area contributed by atoms with Crippen molar-refractivity contribution in [3.05, 3.63) is 29.8 Å². The Morgan fingerprint density at radius 1 is 1.00 bits per heavy atom. The van der Waals surface area contributed by atoms with Crippen LogP contribution in [0.25, 0.3) is 0 Å². The molecule has 0 aromatic heterocycles. The van der Waals surface area contributed by atoms with Crippen LogP contribution < -0.4 is 10.1 Å². The molecule has 1 N–H and O–H groups in total. The molecule has 102 valence electrons. The van der Waals surface area contributed by atoms with E-state index in [-0.39, 0.29) is 0 Å². The predicted octanol–water partition coefficient (Wildman–Crippen LogP) is 3.82. The van der Waals surface area contributed by atoms with Crippen LogP contribution in [0.2, 0.25) is 0 Å². The second-order valence-electron chi connectivity index (χ2n) is 5.50. The molecule has 0 bridgehead atoms. The number of hydrogen-bond donors (Lipinski definition) is 1. The fourth-order valence-corrected chi connectivity index (χ4v) is 1.71. The average molecular weight is 249 g/mol. The van der Waals surface area contributed by atoms with Gasteiger partial charge in [0.2, 0.25) is 0 Å². The molecule has 0 amide bonds. The number of benzene rings is 1. The molecule has 1 rings (SSSR count). The van der Waals surface area contributed by atoms with Gasteiger partial charge in [0, 0.05) is 6.54 Å². The molecule has 0 aliphatic carbocycles. The van der Waals surface area contributed by atoms with Gasteiger partial charge in [-0.05, 0) is 42.5 Å². The summed E-state index contributed by atoms with van der Waals surface area (Å²) in [7, 11) is 0. The summed E-state index contributed by atoms with van der Waals surface area (Å²) in [5, 5.41) is 3.39. The smallest absolute Gasteiger partial charge is 0.119 e. The second kappa shape index (κ2) is 8.15. The quantitative estimate of drug-likeness (QED) is 0.707. The lowest BCUT2D eigenvalue weighted by Crippen LogP contribution is -2.23. The minimum absolute atomic E-state index is 0.580. The van der Waals surface area contributed by atoms with Gasteiger partial charge in [0.05, 0.1) is 0 Å².